The van der Waals surface area contributed by atoms with Gasteiger partial charge in [0.25, 0.3) is 11.8 Å². The number of ether oxygens (including phenoxy) is 1. The molecule has 3 aromatic carbocycles. The Morgan fingerprint density at radius 1 is 0.857 bits per heavy atom. The molecule has 0 saturated carbocycles. The van der Waals surface area contributed by atoms with Crippen LogP contribution in [-0.4, -0.2) is 25.0 Å². The van der Waals surface area contributed by atoms with E-state index in [0.29, 0.717) is 23.4 Å². The summed E-state index contributed by atoms with van der Waals surface area (Å²) in [5.41, 5.74) is 7.29. The van der Waals surface area contributed by atoms with Crippen LogP contribution in [0.15, 0.2) is 60.2 Å². The molecule has 0 unspecified atom stereocenters. The molecule has 3 aromatic rings. The molecule has 1 fully saturated rings. The van der Waals surface area contributed by atoms with Crippen LogP contribution in [0.1, 0.15) is 38.9 Å². The molecule has 6 nitrogen and oxygen atoms in total. The number of carbonyl (C=O) groups excluding carboxylic acids is 3. The van der Waals surface area contributed by atoms with Gasteiger partial charge in [0.2, 0.25) is 0 Å². The van der Waals surface area contributed by atoms with Crippen LogP contribution in [0.2, 0.25) is 0 Å². The zero-order chi connectivity index (χ0) is 25.3. The van der Waals surface area contributed by atoms with Crippen molar-refractivity contribution in [2.24, 2.45) is 0 Å². The molecule has 1 saturated heterocycles. The minimum absolute atomic E-state index is 0.117. The van der Waals surface area contributed by atoms with Crippen LogP contribution in [0.3, 0.4) is 0 Å². The number of amides is 4. The van der Waals surface area contributed by atoms with Gasteiger partial charge in [0.05, 0.1) is 12.8 Å². The van der Waals surface area contributed by atoms with Gasteiger partial charge in [-0.25, -0.2) is 9.69 Å². The first kappa shape index (κ1) is 24.0. The van der Waals surface area contributed by atoms with Crippen molar-refractivity contribution < 1.29 is 19.1 Å². The Bertz CT molecular complexity index is 1370. The van der Waals surface area contributed by atoms with Crippen molar-refractivity contribution in [1.29, 1.82) is 0 Å². The Balaban J connectivity index is 1.67. The van der Waals surface area contributed by atoms with Gasteiger partial charge in [-0.3, -0.25) is 14.9 Å². The maximum absolute atomic E-state index is 13.3. The predicted octanol–water partition coefficient (Wildman–Crippen LogP) is 5.19. The van der Waals surface area contributed by atoms with Crippen molar-refractivity contribution in [3.05, 3.63) is 99.1 Å². The van der Waals surface area contributed by atoms with E-state index in [4.69, 9.17) is 4.74 Å². The van der Waals surface area contributed by atoms with E-state index in [1.807, 2.05) is 38.1 Å². The SMILES string of the molecule is COc1cc(/C=C2\C(=O)NC(=O)N(c3ccc(C)cc3C)C2=O)ccc1Cc1cc(C)cc(C)c1. The largest absolute Gasteiger partial charge is 0.496 e. The van der Waals surface area contributed by atoms with Gasteiger partial charge in [-0.15, -0.1) is 0 Å². The Morgan fingerprint density at radius 2 is 1.57 bits per heavy atom. The fraction of sp³-hybridized carbons (Fsp3) is 0.207. The van der Waals surface area contributed by atoms with Crippen LogP contribution in [0, 0.1) is 27.7 Å². The topological polar surface area (TPSA) is 75.7 Å². The van der Waals surface area contributed by atoms with Gasteiger partial charge in [0.15, 0.2) is 0 Å². The molecule has 1 N–H and O–H groups in total. The lowest BCUT2D eigenvalue weighted by Gasteiger charge is -2.27. The molecule has 0 spiro atoms. The quantitative estimate of drug-likeness (QED) is 0.413. The summed E-state index contributed by atoms with van der Waals surface area (Å²) < 4.78 is 5.62. The number of aryl methyl sites for hydroxylation is 4. The van der Waals surface area contributed by atoms with Gasteiger partial charge < -0.3 is 4.74 Å². The summed E-state index contributed by atoms with van der Waals surface area (Å²) >= 11 is 0. The number of methoxy groups -OCH3 is 1. The third-order valence-corrected chi connectivity index (χ3v) is 5.99. The summed E-state index contributed by atoms with van der Waals surface area (Å²) in [5, 5.41) is 2.28. The fourth-order valence-electron chi connectivity index (χ4n) is 4.49. The van der Waals surface area contributed by atoms with Crippen LogP contribution in [0.25, 0.3) is 6.08 Å². The van der Waals surface area contributed by atoms with Gasteiger partial charge in [-0.2, -0.15) is 0 Å². The molecule has 0 bridgehead atoms. The van der Waals surface area contributed by atoms with Crippen LogP contribution in [-0.2, 0) is 16.0 Å². The van der Waals surface area contributed by atoms with Gasteiger partial charge in [-0.05, 0) is 68.2 Å². The molecule has 0 radical (unpaired) electrons. The zero-order valence-corrected chi connectivity index (χ0v) is 20.6. The van der Waals surface area contributed by atoms with E-state index in [0.717, 1.165) is 21.6 Å². The highest BCUT2D eigenvalue weighted by atomic mass is 16.5. The number of imide groups is 2. The lowest BCUT2D eigenvalue weighted by molar-refractivity contribution is -0.122. The molecular weight excluding hydrogens is 440 g/mol. The van der Waals surface area contributed by atoms with Crippen LogP contribution in [0.5, 0.6) is 5.75 Å². The number of nitrogens with zero attached hydrogens (tertiary/aromatic N) is 1. The van der Waals surface area contributed by atoms with Gasteiger partial charge in [0.1, 0.15) is 11.3 Å². The lowest BCUT2D eigenvalue weighted by atomic mass is 9.98. The first-order valence-electron chi connectivity index (χ1n) is 11.4. The Labute approximate surface area is 205 Å². The number of carbonyl (C=O) groups is 3. The minimum Gasteiger partial charge on any atom is -0.496 e. The van der Waals surface area contributed by atoms with E-state index in [1.54, 1.807) is 19.2 Å². The average molecular weight is 469 g/mol. The Kier molecular flexibility index (Phi) is 6.56. The Morgan fingerprint density at radius 3 is 2.23 bits per heavy atom. The van der Waals surface area contributed by atoms with Crippen molar-refractivity contribution in [2.75, 3.05) is 12.0 Å². The third kappa shape index (κ3) is 5.01. The van der Waals surface area contributed by atoms with Crippen LogP contribution < -0.4 is 15.0 Å². The first-order chi connectivity index (χ1) is 16.7. The molecule has 4 amide bonds. The second-order valence-corrected chi connectivity index (χ2v) is 8.99. The van der Waals surface area contributed by atoms with E-state index in [1.165, 1.54) is 22.8 Å². The number of barbiturate groups is 1. The smallest absolute Gasteiger partial charge is 0.335 e. The predicted molar refractivity (Wildman–Crippen MR) is 137 cm³/mol. The molecule has 178 valence electrons. The summed E-state index contributed by atoms with van der Waals surface area (Å²) in [6.45, 7) is 7.89. The van der Waals surface area contributed by atoms with Gasteiger partial charge >= 0.3 is 6.03 Å². The fourth-order valence-corrected chi connectivity index (χ4v) is 4.49. The molecule has 1 heterocycles. The zero-order valence-electron chi connectivity index (χ0n) is 20.6. The summed E-state index contributed by atoms with van der Waals surface area (Å²) in [6.07, 6.45) is 2.18. The minimum atomic E-state index is -0.759. The van der Waals surface area contributed by atoms with E-state index in [2.05, 4.69) is 37.4 Å². The molecule has 1 aliphatic rings. The summed E-state index contributed by atoms with van der Waals surface area (Å²) in [7, 11) is 1.59. The highest BCUT2D eigenvalue weighted by Crippen LogP contribution is 2.28. The molecule has 35 heavy (non-hydrogen) atoms. The number of hydrogen-bond donors (Lipinski definition) is 1. The third-order valence-electron chi connectivity index (χ3n) is 5.99. The molecule has 0 aromatic heterocycles. The Hall–Kier alpha value is -4.19. The van der Waals surface area contributed by atoms with Gasteiger partial charge in [-0.1, -0.05) is 59.2 Å². The molecule has 0 atom stereocenters. The van der Waals surface area contributed by atoms with E-state index >= 15 is 0 Å². The van der Waals surface area contributed by atoms with Gasteiger partial charge in [0, 0.05) is 6.42 Å². The highest BCUT2D eigenvalue weighted by molar-refractivity contribution is 6.39. The number of anilines is 1. The number of urea groups is 1. The lowest BCUT2D eigenvalue weighted by Crippen LogP contribution is -2.54. The normalized spacial score (nSPS) is 14.9. The van der Waals surface area contributed by atoms with Crippen molar-refractivity contribution >= 4 is 29.6 Å². The number of rotatable bonds is 5. The van der Waals surface area contributed by atoms with Crippen molar-refractivity contribution in [3.8, 4) is 5.75 Å². The number of hydrogen-bond acceptors (Lipinski definition) is 4. The number of benzene rings is 3. The summed E-state index contributed by atoms with van der Waals surface area (Å²) in [5.74, 6) is -0.729. The summed E-state index contributed by atoms with van der Waals surface area (Å²) in [6, 6.07) is 16.6. The monoisotopic (exact) mass is 468 g/mol. The van der Waals surface area contributed by atoms with Crippen molar-refractivity contribution in [2.45, 2.75) is 34.1 Å². The second-order valence-electron chi connectivity index (χ2n) is 8.99. The molecule has 4 rings (SSSR count). The van der Waals surface area contributed by atoms with E-state index < -0.39 is 17.8 Å². The van der Waals surface area contributed by atoms with E-state index in [9.17, 15) is 14.4 Å². The molecule has 6 heteroatoms. The summed E-state index contributed by atoms with van der Waals surface area (Å²) in [4.78, 5) is 39.4. The molecule has 1 aliphatic heterocycles. The van der Waals surface area contributed by atoms with E-state index in [-0.39, 0.29) is 5.57 Å². The highest BCUT2D eigenvalue weighted by Gasteiger charge is 2.37. The van der Waals surface area contributed by atoms with Crippen molar-refractivity contribution in [3.63, 3.8) is 0 Å². The number of nitrogens with one attached hydrogen (secondary N) is 1. The molecular formula is C29H28N2O4. The average Bonchev–Trinajstić information content (AvgIpc) is 2.78. The maximum atomic E-state index is 13.3. The maximum Gasteiger partial charge on any atom is 0.335 e. The standard InChI is InChI=1S/C29H28N2O4/c1-17-6-9-25(20(4)11-17)31-28(33)24(27(32)30-29(31)34)15-21-7-8-23(26(16-21)35-5)14-22-12-18(2)10-19(3)13-22/h6-13,15-16H,14H2,1-5H3,(H,30,32,34)/b24-15+. The second kappa shape index (κ2) is 9.58. The van der Waals surface area contributed by atoms with Crippen LogP contribution in [0.4, 0.5) is 10.5 Å². The van der Waals surface area contributed by atoms with Crippen LogP contribution >= 0.6 is 0 Å². The molecule has 0 aliphatic carbocycles. The van der Waals surface area contributed by atoms with Crippen molar-refractivity contribution in [1.82, 2.24) is 5.32 Å². The first-order valence-corrected chi connectivity index (χ1v) is 11.4.